The van der Waals surface area contributed by atoms with Gasteiger partial charge in [0.25, 0.3) is 0 Å². The summed E-state index contributed by atoms with van der Waals surface area (Å²) in [5.41, 5.74) is 2.17. The van der Waals surface area contributed by atoms with Crippen LogP contribution in [0.1, 0.15) is 33.3 Å². The van der Waals surface area contributed by atoms with Crippen LogP contribution in [0, 0.1) is 5.82 Å². The molecule has 1 nitrogen and oxygen atoms in total. The number of nitrogens with one attached hydrogen (secondary N) is 1. The molecule has 0 spiro atoms. The van der Waals surface area contributed by atoms with Gasteiger partial charge in [0, 0.05) is 12.1 Å². The van der Waals surface area contributed by atoms with Crippen molar-refractivity contribution in [2.24, 2.45) is 0 Å². The molecule has 0 aliphatic heterocycles. The third kappa shape index (κ3) is 5.46. The van der Waals surface area contributed by atoms with Gasteiger partial charge in [0.15, 0.2) is 0 Å². The van der Waals surface area contributed by atoms with Crippen LogP contribution in [-0.2, 0) is 0 Å². The fraction of sp³-hybridized carbons (Fsp3) is 0.429. The Bertz CT molecular complexity index is 419. The molecule has 0 radical (unpaired) electrons. The molecular formula is C14H19BrFN. The molecule has 0 heterocycles. The molecule has 0 aliphatic carbocycles. The molecule has 0 amide bonds. The Morgan fingerprint density at radius 1 is 1.41 bits per heavy atom. The molecule has 1 N–H and O–H groups in total. The molecule has 0 aromatic heterocycles. The van der Waals surface area contributed by atoms with E-state index >= 15 is 0 Å². The smallest absolute Gasteiger partial charge is 0.137 e. The van der Waals surface area contributed by atoms with E-state index in [0.717, 1.165) is 12.1 Å². The molecular weight excluding hydrogens is 281 g/mol. The Morgan fingerprint density at radius 2 is 2.06 bits per heavy atom. The molecule has 0 atom stereocenters. The molecule has 0 fully saturated rings. The van der Waals surface area contributed by atoms with E-state index in [1.807, 2.05) is 19.1 Å². The summed E-state index contributed by atoms with van der Waals surface area (Å²) in [4.78, 5) is 0. The predicted molar refractivity (Wildman–Crippen MR) is 75.5 cm³/mol. The summed E-state index contributed by atoms with van der Waals surface area (Å²) in [6.07, 6.45) is 1.99. The van der Waals surface area contributed by atoms with E-state index in [0.29, 0.717) is 4.47 Å². The topological polar surface area (TPSA) is 12.0 Å². The summed E-state index contributed by atoms with van der Waals surface area (Å²) in [6, 6.07) is 5.16. The van der Waals surface area contributed by atoms with Gasteiger partial charge < -0.3 is 5.32 Å². The minimum absolute atomic E-state index is 0.0973. The van der Waals surface area contributed by atoms with Gasteiger partial charge in [-0.3, -0.25) is 0 Å². The Balaban J connectivity index is 2.71. The zero-order valence-electron chi connectivity index (χ0n) is 10.8. The summed E-state index contributed by atoms with van der Waals surface area (Å²) in [6.45, 7) is 9.22. The minimum Gasteiger partial charge on any atom is -0.308 e. The van der Waals surface area contributed by atoms with E-state index in [-0.39, 0.29) is 11.4 Å². The maximum Gasteiger partial charge on any atom is 0.137 e. The van der Waals surface area contributed by atoms with Gasteiger partial charge in [-0.25, -0.2) is 4.39 Å². The molecule has 94 valence electrons. The van der Waals surface area contributed by atoms with Gasteiger partial charge in [0.1, 0.15) is 5.82 Å². The monoisotopic (exact) mass is 299 g/mol. The van der Waals surface area contributed by atoms with E-state index in [4.69, 9.17) is 0 Å². The second-order valence-corrected chi connectivity index (χ2v) is 6.12. The van der Waals surface area contributed by atoms with Crippen molar-refractivity contribution in [2.75, 3.05) is 6.54 Å². The van der Waals surface area contributed by atoms with Gasteiger partial charge in [-0.05, 0) is 61.3 Å². The zero-order valence-corrected chi connectivity index (χ0v) is 12.4. The molecule has 0 saturated carbocycles. The summed E-state index contributed by atoms with van der Waals surface area (Å²) in [5.74, 6) is -0.227. The molecule has 1 rings (SSSR count). The fourth-order valence-corrected chi connectivity index (χ4v) is 1.59. The van der Waals surface area contributed by atoms with Crippen LogP contribution in [0.2, 0.25) is 0 Å². The fourth-order valence-electron chi connectivity index (χ4n) is 1.34. The van der Waals surface area contributed by atoms with E-state index < -0.39 is 0 Å². The van der Waals surface area contributed by atoms with Crippen LogP contribution >= 0.6 is 15.9 Å². The highest BCUT2D eigenvalue weighted by Gasteiger charge is 2.07. The molecule has 3 heteroatoms. The van der Waals surface area contributed by atoms with Crippen LogP contribution in [0.15, 0.2) is 28.2 Å². The van der Waals surface area contributed by atoms with Crippen molar-refractivity contribution in [3.63, 3.8) is 0 Å². The summed E-state index contributed by atoms with van der Waals surface area (Å²) in [5, 5.41) is 3.40. The van der Waals surface area contributed by atoms with Crippen LogP contribution in [0.4, 0.5) is 4.39 Å². The SMILES string of the molecule is C/C(=C/c1ccc(Br)c(F)c1)CNC(C)(C)C. The molecule has 1 aromatic rings. The van der Waals surface area contributed by atoms with Crippen molar-refractivity contribution in [3.8, 4) is 0 Å². The van der Waals surface area contributed by atoms with Crippen molar-refractivity contribution in [2.45, 2.75) is 33.2 Å². The first-order valence-corrected chi connectivity index (χ1v) is 6.44. The number of benzene rings is 1. The third-order valence-electron chi connectivity index (χ3n) is 2.25. The first kappa shape index (κ1) is 14.4. The van der Waals surface area contributed by atoms with Gasteiger partial charge in [-0.1, -0.05) is 17.7 Å². The average Bonchev–Trinajstić information content (AvgIpc) is 2.20. The highest BCUT2D eigenvalue weighted by atomic mass is 79.9. The summed E-state index contributed by atoms with van der Waals surface area (Å²) < 4.78 is 13.8. The van der Waals surface area contributed by atoms with Crippen LogP contribution < -0.4 is 5.32 Å². The van der Waals surface area contributed by atoms with Gasteiger partial charge in [0.2, 0.25) is 0 Å². The molecule has 0 aliphatic rings. The highest BCUT2D eigenvalue weighted by Crippen LogP contribution is 2.18. The van der Waals surface area contributed by atoms with Crippen molar-refractivity contribution < 1.29 is 4.39 Å². The van der Waals surface area contributed by atoms with Gasteiger partial charge >= 0.3 is 0 Å². The number of hydrogen-bond acceptors (Lipinski definition) is 1. The van der Waals surface area contributed by atoms with Gasteiger partial charge in [-0.15, -0.1) is 0 Å². The van der Waals surface area contributed by atoms with Gasteiger partial charge in [0.05, 0.1) is 4.47 Å². The van der Waals surface area contributed by atoms with Crippen LogP contribution in [0.25, 0.3) is 6.08 Å². The normalized spacial score (nSPS) is 12.9. The molecule has 0 saturated heterocycles. The summed E-state index contributed by atoms with van der Waals surface area (Å²) in [7, 11) is 0. The molecule has 17 heavy (non-hydrogen) atoms. The maximum atomic E-state index is 13.3. The van der Waals surface area contributed by atoms with Crippen molar-refractivity contribution in [1.29, 1.82) is 0 Å². The second-order valence-electron chi connectivity index (χ2n) is 5.27. The lowest BCUT2D eigenvalue weighted by Gasteiger charge is -2.20. The Kier molecular flexibility index (Phi) is 4.90. The van der Waals surface area contributed by atoms with E-state index in [1.165, 1.54) is 11.6 Å². The largest absolute Gasteiger partial charge is 0.308 e. The van der Waals surface area contributed by atoms with Crippen LogP contribution in [-0.4, -0.2) is 12.1 Å². The lowest BCUT2D eigenvalue weighted by atomic mass is 10.1. The van der Waals surface area contributed by atoms with Crippen LogP contribution in [0.5, 0.6) is 0 Å². The van der Waals surface area contributed by atoms with E-state index in [2.05, 4.69) is 42.0 Å². The average molecular weight is 300 g/mol. The van der Waals surface area contributed by atoms with Crippen molar-refractivity contribution in [1.82, 2.24) is 5.32 Å². The summed E-state index contributed by atoms with van der Waals surface area (Å²) >= 11 is 3.14. The lowest BCUT2D eigenvalue weighted by Crippen LogP contribution is -2.36. The standard InChI is InChI=1S/C14H19BrFN/c1-10(9-17-14(2,3)4)7-11-5-6-12(15)13(16)8-11/h5-8,17H,9H2,1-4H3/b10-7-. The number of hydrogen-bond donors (Lipinski definition) is 1. The molecule has 0 unspecified atom stereocenters. The Hall–Kier alpha value is -0.670. The predicted octanol–water partition coefficient (Wildman–Crippen LogP) is 4.38. The van der Waals surface area contributed by atoms with Crippen LogP contribution in [0.3, 0.4) is 0 Å². The highest BCUT2D eigenvalue weighted by molar-refractivity contribution is 9.10. The molecule has 0 bridgehead atoms. The number of halogens is 2. The maximum absolute atomic E-state index is 13.3. The first-order chi connectivity index (χ1) is 7.78. The molecule has 1 aromatic carbocycles. The van der Waals surface area contributed by atoms with Gasteiger partial charge in [-0.2, -0.15) is 0 Å². The van der Waals surface area contributed by atoms with E-state index in [9.17, 15) is 4.39 Å². The first-order valence-electron chi connectivity index (χ1n) is 5.65. The number of rotatable bonds is 3. The van der Waals surface area contributed by atoms with Crippen molar-refractivity contribution >= 4 is 22.0 Å². The minimum atomic E-state index is -0.227. The zero-order chi connectivity index (χ0) is 13.1. The van der Waals surface area contributed by atoms with Crippen molar-refractivity contribution in [3.05, 3.63) is 39.6 Å². The second kappa shape index (κ2) is 5.78. The Labute approximate surface area is 111 Å². The van der Waals surface area contributed by atoms with E-state index in [1.54, 1.807) is 6.07 Å². The Morgan fingerprint density at radius 3 is 2.59 bits per heavy atom. The lowest BCUT2D eigenvalue weighted by molar-refractivity contribution is 0.445. The quantitative estimate of drug-likeness (QED) is 0.873. The third-order valence-corrected chi connectivity index (χ3v) is 2.90.